The number of aromatic hydroxyl groups is 2. The smallest absolute Gasteiger partial charge is 0.339 e. The molecule has 14 heteroatoms. The molecule has 0 aromatic heterocycles. The highest BCUT2D eigenvalue weighted by atomic mass is 19.1. The molecule has 59 heavy (non-hydrogen) atoms. The molecule has 0 spiro atoms. The standard InChI is InChI=1S/C45H39FN4O9/c1-25-37(19-17-35(40(25)53)44(57)50-38-20-18-36(45(58)59)41(54)26(38)2)49-42(55)30-10-14-33(15-11-30)48-43(56)31(21-22-47)24-39(52)29-8-3-28(4-9-29)23-34(51)16-7-27-5-12-32(46)13-6-27/h3-6,8-15,17-20,31,53-54H,7,16,21,23-24H2,1-2H3,(H,48,56)(H,49,55)(H,50,57)(H,58,59). The minimum absolute atomic E-state index is 0.0119. The molecular formula is C45H39FN4O9. The summed E-state index contributed by atoms with van der Waals surface area (Å²) in [4.78, 5) is 76.2. The van der Waals surface area contributed by atoms with E-state index in [0.29, 0.717) is 23.2 Å². The maximum absolute atomic E-state index is 13.2. The number of Topliss-reactive ketones (excluding diaryl/α,β-unsaturated/α-hetero) is 2. The minimum atomic E-state index is -1.34. The van der Waals surface area contributed by atoms with Crippen LogP contribution in [0.25, 0.3) is 0 Å². The van der Waals surface area contributed by atoms with Gasteiger partial charge in [-0.1, -0.05) is 36.4 Å². The molecule has 0 aliphatic heterocycles. The highest BCUT2D eigenvalue weighted by Crippen LogP contribution is 2.32. The summed E-state index contributed by atoms with van der Waals surface area (Å²) in [5, 5.41) is 47.5. The van der Waals surface area contributed by atoms with Crippen LogP contribution in [0, 0.1) is 36.9 Å². The molecule has 0 radical (unpaired) electrons. The third kappa shape index (κ3) is 10.8. The predicted octanol–water partition coefficient (Wildman–Crippen LogP) is 7.54. The van der Waals surface area contributed by atoms with E-state index in [1.807, 2.05) is 6.07 Å². The third-order valence-electron chi connectivity index (χ3n) is 9.67. The maximum atomic E-state index is 13.2. The van der Waals surface area contributed by atoms with E-state index in [1.165, 1.54) is 68.4 Å². The highest BCUT2D eigenvalue weighted by molar-refractivity contribution is 6.09. The van der Waals surface area contributed by atoms with Gasteiger partial charge in [0, 0.05) is 65.0 Å². The van der Waals surface area contributed by atoms with E-state index < -0.39 is 41.1 Å². The number of benzene rings is 5. The van der Waals surface area contributed by atoms with Crippen LogP contribution in [0.15, 0.2) is 97.1 Å². The molecule has 0 heterocycles. The SMILES string of the molecule is Cc1c(NC(=O)c2ccc(NC(=O)c3ccc(NC(=O)C(CC#N)CC(=O)c4ccc(CC(=O)CCc5ccc(F)cc5)cc4)cc3)c(C)c2O)ccc(C(=O)O)c1O. The van der Waals surface area contributed by atoms with Crippen LogP contribution >= 0.6 is 0 Å². The summed E-state index contributed by atoms with van der Waals surface area (Å²) in [7, 11) is 0. The molecule has 5 aromatic rings. The van der Waals surface area contributed by atoms with Gasteiger partial charge < -0.3 is 31.3 Å². The van der Waals surface area contributed by atoms with Gasteiger partial charge in [-0.15, -0.1) is 0 Å². The van der Waals surface area contributed by atoms with Gasteiger partial charge in [-0.25, -0.2) is 9.18 Å². The summed E-state index contributed by atoms with van der Waals surface area (Å²) in [6.45, 7) is 2.91. The summed E-state index contributed by atoms with van der Waals surface area (Å²) < 4.78 is 13.1. The van der Waals surface area contributed by atoms with Crippen molar-refractivity contribution in [2.75, 3.05) is 16.0 Å². The minimum Gasteiger partial charge on any atom is -0.507 e. The van der Waals surface area contributed by atoms with E-state index in [-0.39, 0.29) is 82.3 Å². The number of aryl methyl sites for hydroxylation is 1. The molecule has 0 saturated heterocycles. The van der Waals surface area contributed by atoms with Crippen molar-refractivity contribution in [3.63, 3.8) is 0 Å². The number of anilines is 3. The van der Waals surface area contributed by atoms with E-state index in [1.54, 1.807) is 36.4 Å². The quantitative estimate of drug-likeness (QED) is 0.0538. The third-order valence-corrected chi connectivity index (χ3v) is 9.67. The Morgan fingerprint density at radius 2 is 1.22 bits per heavy atom. The van der Waals surface area contributed by atoms with Gasteiger partial charge in [-0.3, -0.25) is 24.0 Å². The molecule has 5 aromatic carbocycles. The second kappa shape index (κ2) is 19.0. The number of carboxylic acids is 1. The van der Waals surface area contributed by atoms with Crippen molar-refractivity contribution >= 4 is 52.3 Å². The Bertz CT molecular complexity index is 2480. The summed E-state index contributed by atoms with van der Waals surface area (Å²) in [5.41, 5.74) is 2.52. The van der Waals surface area contributed by atoms with E-state index >= 15 is 0 Å². The van der Waals surface area contributed by atoms with Gasteiger partial charge in [-0.05, 0) is 92.1 Å². The topological polar surface area (TPSA) is 223 Å². The number of amides is 3. The number of carboxylic acid groups (broad SMARTS) is 1. The lowest BCUT2D eigenvalue weighted by atomic mass is 9.94. The normalized spacial score (nSPS) is 11.2. The Labute approximate surface area is 338 Å². The fraction of sp³-hybridized carbons (Fsp3) is 0.178. The monoisotopic (exact) mass is 798 g/mol. The second-order valence-electron chi connectivity index (χ2n) is 13.8. The zero-order valence-electron chi connectivity index (χ0n) is 32.0. The largest absolute Gasteiger partial charge is 0.507 e. The number of hydrogen-bond acceptors (Lipinski definition) is 9. The molecule has 300 valence electrons. The van der Waals surface area contributed by atoms with Crippen LogP contribution in [0.3, 0.4) is 0 Å². The van der Waals surface area contributed by atoms with Crippen LogP contribution in [0.5, 0.6) is 11.5 Å². The average molecular weight is 799 g/mol. The highest BCUT2D eigenvalue weighted by Gasteiger charge is 2.24. The summed E-state index contributed by atoms with van der Waals surface area (Å²) >= 11 is 0. The number of nitrogens with one attached hydrogen (secondary N) is 3. The van der Waals surface area contributed by atoms with Crippen LogP contribution < -0.4 is 16.0 Å². The first-order chi connectivity index (χ1) is 28.1. The van der Waals surface area contributed by atoms with Crippen molar-refractivity contribution in [3.8, 4) is 17.6 Å². The first kappa shape index (κ1) is 42.5. The van der Waals surface area contributed by atoms with Crippen molar-refractivity contribution in [3.05, 3.63) is 147 Å². The zero-order chi connectivity index (χ0) is 42.8. The molecule has 1 atom stereocenters. The number of rotatable bonds is 16. The van der Waals surface area contributed by atoms with Gasteiger partial charge in [0.05, 0.1) is 17.6 Å². The fourth-order valence-corrected chi connectivity index (χ4v) is 6.13. The number of phenols is 2. The average Bonchev–Trinajstić information content (AvgIpc) is 3.21. The second-order valence-corrected chi connectivity index (χ2v) is 13.8. The molecule has 1 unspecified atom stereocenters. The number of phenolic OH excluding ortho intramolecular Hbond substituents is 1. The van der Waals surface area contributed by atoms with Crippen LogP contribution in [-0.4, -0.2) is 50.6 Å². The van der Waals surface area contributed by atoms with Gasteiger partial charge >= 0.3 is 5.97 Å². The molecule has 0 saturated carbocycles. The van der Waals surface area contributed by atoms with Gasteiger partial charge in [0.2, 0.25) is 5.91 Å². The summed E-state index contributed by atoms with van der Waals surface area (Å²) in [6.07, 6.45) is 0.454. The first-order valence-corrected chi connectivity index (χ1v) is 18.3. The molecule has 0 fully saturated rings. The lowest BCUT2D eigenvalue weighted by molar-refractivity contribution is -0.120. The number of halogens is 1. The lowest BCUT2D eigenvalue weighted by Crippen LogP contribution is -2.25. The number of ketones is 2. The molecule has 13 nitrogen and oxygen atoms in total. The number of nitriles is 1. The number of aromatic carboxylic acids is 1. The van der Waals surface area contributed by atoms with Gasteiger partial charge in [0.25, 0.3) is 11.8 Å². The number of nitrogens with zero attached hydrogens (tertiary/aromatic N) is 1. The van der Waals surface area contributed by atoms with Crippen molar-refractivity contribution in [2.45, 2.75) is 46.0 Å². The van der Waals surface area contributed by atoms with Crippen LogP contribution in [0.4, 0.5) is 21.5 Å². The van der Waals surface area contributed by atoms with Crippen LogP contribution in [0.2, 0.25) is 0 Å². The van der Waals surface area contributed by atoms with E-state index in [2.05, 4.69) is 16.0 Å². The molecule has 0 aliphatic carbocycles. The van der Waals surface area contributed by atoms with Crippen molar-refractivity contribution in [1.82, 2.24) is 0 Å². The van der Waals surface area contributed by atoms with Crippen molar-refractivity contribution in [2.24, 2.45) is 5.92 Å². The Balaban J connectivity index is 1.14. The predicted molar refractivity (Wildman–Crippen MR) is 216 cm³/mol. The Morgan fingerprint density at radius 1 is 0.678 bits per heavy atom. The summed E-state index contributed by atoms with van der Waals surface area (Å²) in [6, 6.07) is 25.4. The van der Waals surface area contributed by atoms with Gasteiger partial charge in [-0.2, -0.15) is 5.26 Å². The van der Waals surface area contributed by atoms with Gasteiger partial charge in [0.1, 0.15) is 28.7 Å². The molecule has 5 rings (SSSR count). The van der Waals surface area contributed by atoms with E-state index in [9.17, 15) is 53.7 Å². The number of hydrogen-bond donors (Lipinski definition) is 6. The fourth-order valence-electron chi connectivity index (χ4n) is 6.13. The Kier molecular flexibility index (Phi) is 13.7. The van der Waals surface area contributed by atoms with Crippen LogP contribution in [-0.2, 0) is 22.4 Å². The molecular weight excluding hydrogens is 760 g/mol. The first-order valence-electron chi connectivity index (χ1n) is 18.3. The molecule has 0 bridgehead atoms. The zero-order valence-corrected chi connectivity index (χ0v) is 32.0. The maximum Gasteiger partial charge on any atom is 0.339 e. The summed E-state index contributed by atoms with van der Waals surface area (Å²) in [5.74, 6) is -5.85. The van der Waals surface area contributed by atoms with Crippen molar-refractivity contribution < 1.29 is 48.5 Å². The molecule has 0 aliphatic rings. The molecule has 6 N–H and O–H groups in total. The van der Waals surface area contributed by atoms with Crippen molar-refractivity contribution in [1.29, 1.82) is 5.26 Å². The van der Waals surface area contributed by atoms with E-state index in [4.69, 9.17) is 0 Å². The van der Waals surface area contributed by atoms with Crippen LogP contribution in [0.1, 0.15) is 82.9 Å². The van der Waals surface area contributed by atoms with E-state index in [0.717, 1.165) is 11.6 Å². The Hall–Kier alpha value is -7.66. The molecule has 3 amide bonds. The van der Waals surface area contributed by atoms with Gasteiger partial charge in [0.15, 0.2) is 5.78 Å². The number of carbonyl (C=O) groups excluding carboxylic acids is 5. The Morgan fingerprint density at radius 3 is 1.81 bits per heavy atom. The number of carbonyl (C=O) groups is 6. The lowest BCUT2D eigenvalue weighted by Gasteiger charge is -2.15.